The van der Waals surface area contributed by atoms with Gasteiger partial charge in [0.15, 0.2) is 0 Å². The van der Waals surface area contributed by atoms with Crippen molar-refractivity contribution >= 4 is 0 Å². The van der Waals surface area contributed by atoms with Gasteiger partial charge in [-0.3, -0.25) is 0 Å². The summed E-state index contributed by atoms with van der Waals surface area (Å²) in [5, 5.41) is 10.2. The van der Waals surface area contributed by atoms with E-state index in [2.05, 4.69) is 33.8 Å². The van der Waals surface area contributed by atoms with Gasteiger partial charge in [-0.25, -0.2) is 4.98 Å². The van der Waals surface area contributed by atoms with E-state index in [1.54, 1.807) is 0 Å². The number of fused-ring (bicyclic) bond motifs is 3. The van der Waals surface area contributed by atoms with Gasteiger partial charge in [0.05, 0.1) is 29.9 Å². The lowest BCUT2D eigenvalue weighted by molar-refractivity contribution is 0.00306. The summed E-state index contributed by atoms with van der Waals surface area (Å²) in [6.45, 7) is 1.97. The van der Waals surface area contributed by atoms with E-state index >= 15 is 0 Å². The van der Waals surface area contributed by atoms with Crippen LogP contribution >= 0.6 is 0 Å². The maximum absolute atomic E-state index is 10.2. The molecule has 0 bridgehead atoms. The zero-order valence-corrected chi connectivity index (χ0v) is 11.8. The molecule has 3 nitrogen and oxygen atoms in total. The Bertz CT molecular complexity index is 634. The molecule has 4 rings (SSSR count). The topological polar surface area (TPSA) is 38.1 Å². The Labute approximate surface area is 119 Å². The first-order valence-electron chi connectivity index (χ1n) is 7.49. The monoisotopic (exact) mass is 268 g/mol. The average molecular weight is 268 g/mol. The second-order valence-corrected chi connectivity index (χ2v) is 6.55. The molecule has 1 aromatic carbocycles. The third-order valence-corrected chi connectivity index (χ3v) is 5.08. The summed E-state index contributed by atoms with van der Waals surface area (Å²) >= 11 is 0. The predicted octanol–water partition coefficient (Wildman–Crippen LogP) is 3.39. The maximum Gasteiger partial charge on any atom is 0.0956 e. The molecule has 1 saturated carbocycles. The summed E-state index contributed by atoms with van der Waals surface area (Å²) in [5.41, 5.74) is 3.53. The highest BCUT2D eigenvalue weighted by Gasteiger charge is 2.38. The Morgan fingerprint density at radius 2 is 2.00 bits per heavy atom. The Balaban J connectivity index is 1.73. The molecule has 20 heavy (non-hydrogen) atoms. The SMILES string of the molecule is CC1(O)CCC(C2c3ccccc3-c3cncn32)CC1. The van der Waals surface area contributed by atoms with Crippen LogP contribution in [0.4, 0.5) is 0 Å². The molecule has 1 aromatic heterocycles. The zero-order chi connectivity index (χ0) is 13.7. The van der Waals surface area contributed by atoms with Crippen molar-refractivity contribution < 1.29 is 5.11 Å². The number of benzene rings is 1. The Morgan fingerprint density at radius 1 is 1.25 bits per heavy atom. The van der Waals surface area contributed by atoms with Crippen molar-refractivity contribution in [2.24, 2.45) is 5.92 Å². The first-order chi connectivity index (χ1) is 9.66. The van der Waals surface area contributed by atoms with Crippen LogP contribution in [0.2, 0.25) is 0 Å². The predicted molar refractivity (Wildman–Crippen MR) is 78.4 cm³/mol. The Hall–Kier alpha value is -1.61. The van der Waals surface area contributed by atoms with Crippen LogP contribution in [0.25, 0.3) is 11.3 Å². The number of rotatable bonds is 1. The summed E-state index contributed by atoms with van der Waals surface area (Å²) in [6.07, 6.45) is 7.92. The van der Waals surface area contributed by atoms with Crippen molar-refractivity contribution in [3.05, 3.63) is 42.4 Å². The molecular weight excluding hydrogens is 248 g/mol. The molecule has 1 fully saturated rings. The summed E-state index contributed by atoms with van der Waals surface area (Å²) in [7, 11) is 0. The maximum atomic E-state index is 10.2. The number of hydrogen-bond acceptors (Lipinski definition) is 2. The summed E-state index contributed by atoms with van der Waals surface area (Å²) in [6, 6.07) is 9.08. The van der Waals surface area contributed by atoms with Crippen molar-refractivity contribution in [2.45, 2.75) is 44.2 Å². The van der Waals surface area contributed by atoms with Gasteiger partial charge >= 0.3 is 0 Å². The molecule has 2 aromatic rings. The molecule has 2 heterocycles. The van der Waals surface area contributed by atoms with Gasteiger partial charge in [-0.15, -0.1) is 0 Å². The van der Waals surface area contributed by atoms with E-state index in [0.29, 0.717) is 12.0 Å². The third kappa shape index (κ3) is 1.73. The highest BCUT2D eigenvalue weighted by Crippen LogP contribution is 2.47. The fraction of sp³-hybridized carbons (Fsp3) is 0.471. The lowest BCUT2D eigenvalue weighted by Gasteiger charge is -2.36. The molecule has 0 saturated heterocycles. The highest BCUT2D eigenvalue weighted by molar-refractivity contribution is 5.69. The van der Waals surface area contributed by atoms with Crippen molar-refractivity contribution in [3.63, 3.8) is 0 Å². The van der Waals surface area contributed by atoms with Crippen LogP contribution in [0.3, 0.4) is 0 Å². The van der Waals surface area contributed by atoms with Gasteiger partial charge < -0.3 is 9.67 Å². The third-order valence-electron chi connectivity index (χ3n) is 5.08. The second-order valence-electron chi connectivity index (χ2n) is 6.55. The lowest BCUT2D eigenvalue weighted by atomic mass is 9.75. The Kier molecular flexibility index (Phi) is 2.55. The zero-order valence-electron chi connectivity index (χ0n) is 11.8. The quantitative estimate of drug-likeness (QED) is 0.861. The molecule has 0 radical (unpaired) electrons. The number of aliphatic hydroxyl groups is 1. The van der Waals surface area contributed by atoms with Crippen LogP contribution in [0.1, 0.15) is 44.2 Å². The molecule has 0 amide bonds. The largest absolute Gasteiger partial charge is 0.390 e. The fourth-order valence-corrected chi connectivity index (χ4v) is 3.93. The molecule has 1 aliphatic heterocycles. The normalized spacial score (nSPS) is 31.9. The van der Waals surface area contributed by atoms with Gasteiger partial charge in [-0.2, -0.15) is 0 Å². The van der Waals surface area contributed by atoms with Gasteiger partial charge in [-0.05, 0) is 44.1 Å². The van der Waals surface area contributed by atoms with E-state index in [0.717, 1.165) is 25.7 Å². The second kappa shape index (κ2) is 4.19. The van der Waals surface area contributed by atoms with Gasteiger partial charge in [-0.1, -0.05) is 24.3 Å². The van der Waals surface area contributed by atoms with E-state index in [1.807, 2.05) is 19.4 Å². The smallest absolute Gasteiger partial charge is 0.0956 e. The van der Waals surface area contributed by atoms with Crippen LogP contribution in [-0.2, 0) is 0 Å². The van der Waals surface area contributed by atoms with E-state index in [4.69, 9.17) is 0 Å². The molecular formula is C17H20N2O. The minimum atomic E-state index is -0.466. The molecule has 1 N–H and O–H groups in total. The van der Waals surface area contributed by atoms with E-state index in [9.17, 15) is 5.11 Å². The van der Waals surface area contributed by atoms with Gasteiger partial charge in [0, 0.05) is 5.56 Å². The molecule has 2 aliphatic rings. The first kappa shape index (κ1) is 12.2. The van der Waals surface area contributed by atoms with Crippen molar-refractivity contribution in [2.75, 3.05) is 0 Å². The Morgan fingerprint density at radius 3 is 2.80 bits per heavy atom. The lowest BCUT2D eigenvalue weighted by Crippen LogP contribution is -2.33. The van der Waals surface area contributed by atoms with Crippen molar-refractivity contribution in [1.29, 1.82) is 0 Å². The minimum absolute atomic E-state index is 0.403. The average Bonchev–Trinajstić information content (AvgIpc) is 3.00. The number of aromatic nitrogens is 2. The molecule has 1 unspecified atom stereocenters. The summed E-state index contributed by atoms with van der Waals surface area (Å²) in [4.78, 5) is 4.33. The molecule has 1 aliphatic carbocycles. The van der Waals surface area contributed by atoms with E-state index in [-0.39, 0.29) is 0 Å². The van der Waals surface area contributed by atoms with Crippen molar-refractivity contribution in [3.8, 4) is 11.3 Å². The van der Waals surface area contributed by atoms with Crippen molar-refractivity contribution in [1.82, 2.24) is 9.55 Å². The summed E-state index contributed by atoms with van der Waals surface area (Å²) < 4.78 is 2.33. The fourth-order valence-electron chi connectivity index (χ4n) is 3.93. The van der Waals surface area contributed by atoms with Crippen LogP contribution in [0, 0.1) is 5.92 Å². The highest BCUT2D eigenvalue weighted by atomic mass is 16.3. The standard InChI is InChI=1S/C17H20N2O/c1-17(20)8-6-12(7-9-17)16-14-5-3-2-4-13(14)15-10-18-11-19(15)16/h2-5,10-12,16,20H,6-9H2,1H3. The van der Waals surface area contributed by atoms with Crippen LogP contribution < -0.4 is 0 Å². The summed E-state index contributed by atoms with van der Waals surface area (Å²) in [5.74, 6) is 0.604. The van der Waals surface area contributed by atoms with E-state index in [1.165, 1.54) is 16.8 Å². The number of imidazole rings is 1. The van der Waals surface area contributed by atoms with Gasteiger partial charge in [0.25, 0.3) is 0 Å². The van der Waals surface area contributed by atoms with Crippen LogP contribution in [0.15, 0.2) is 36.8 Å². The van der Waals surface area contributed by atoms with Crippen LogP contribution in [0.5, 0.6) is 0 Å². The molecule has 1 atom stereocenters. The number of nitrogens with zero attached hydrogens (tertiary/aromatic N) is 2. The van der Waals surface area contributed by atoms with E-state index < -0.39 is 5.60 Å². The number of hydrogen-bond donors (Lipinski definition) is 1. The van der Waals surface area contributed by atoms with Gasteiger partial charge in [0.1, 0.15) is 0 Å². The van der Waals surface area contributed by atoms with Crippen LogP contribution in [-0.4, -0.2) is 20.3 Å². The molecule has 104 valence electrons. The van der Waals surface area contributed by atoms with Gasteiger partial charge in [0.2, 0.25) is 0 Å². The molecule has 3 heteroatoms. The first-order valence-corrected chi connectivity index (χ1v) is 7.49. The molecule has 0 spiro atoms. The minimum Gasteiger partial charge on any atom is -0.390 e.